The Morgan fingerprint density at radius 3 is 2.91 bits per heavy atom. The van der Waals surface area contributed by atoms with E-state index in [2.05, 4.69) is 23.7 Å². The van der Waals surface area contributed by atoms with E-state index in [1.165, 1.54) is 0 Å². The molecule has 3 nitrogen and oxygen atoms in total. The average Bonchev–Trinajstić information content (AvgIpc) is 2.91. The molecule has 0 atom stereocenters. The number of fused-ring (bicyclic) bond motifs is 3. The molecule has 4 heteroatoms. The first-order valence-electron chi connectivity index (χ1n) is 8.84. The van der Waals surface area contributed by atoms with Crippen molar-refractivity contribution in [3.8, 4) is 0 Å². The lowest BCUT2D eigenvalue weighted by molar-refractivity contribution is -0.658. The van der Waals surface area contributed by atoms with Crippen molar-refractivity contribution in [3.05, 3.63) is 58.8 Å². The Balaban J connectivity index is 1.85. The number of hydrogen-bond donors (Lipinski definition) is 0. The molecule has 1 aromatic carbocycles. The van der Waals surface area contributed by atoms with Gasteiger partial charge in [-0.25, -0.2) is 4.57 Å². The minimum Gasteiger partial charge on any atom is -0.452 e. The van der Waals surface area contributed by atoms with Crippen molar-refractivity contribution in [2.75, 3.05) is 4.81 Å². The Morgan fingerprint density at radius 1 is 1.23 bits per heavy atom. The Morgan fingerprint density at radius 2 is 2.09 bits per heavy atom. The predicted octanol–water partition coefficient (Wildman–Crippen LogP) is 1.76. The molecule has 0 bridgehead atoms. The van der Waals surface area contributed by atoms with Crippen LogP contribution in [0.2, 0.25) is 6.82 Å². The average molecular weight is 292 g/mol. The number of para-hydroxylation sites is 1. The number of benzene rings is 1. The molecule has 0 spiro atoms. The molecular formula is C18H18BN2O+. The lowest BCUT2D eigenvalue weighted by Crippen LogP contribution is -2.47. The van der Waals surface area contributed by atoms with Crippen molar-refractivity contribution in [3.63, 3.8) is 0 Å². The van der Waals surface area contributed by atoms with Gasteiger partial charge in [-0.05, 0) is 31.4 Å². The number of aromatic nitrogens is 1. The molecular weight excluding hydrogens is 271 g/mol. The second kappa shape index (κ2) is 4.77. The minimum absolute atomic E-state index is 0.123. The zero-order valence-electron chi connectivity index (χ0n) is 15.6. The fourth-order valence-corrected chi connectivity index (χ4v) is 3.06. The van der Waals surface area contributed by atoms with Gasteiger partial charge >= 0.3 is 6.85 Å². The summed E-state index contributed by atoms with van der Waals surface area (Å²) in [6, 6.07) is 11.5. The highest BCUT2D eigenvalue weighted by molar-refractivity contribution is 6.77. The van der Waals surface area contributed by atoms with E-state index < -0.39 is 6.85 Å². The number of aryl methyl sites for hydroxylation is 2. The Kier molecular flexibility index (Phi) is 2.23. The summed E-state index contributed by atoms with van der Waals surface area (Å²) in [5.74, 6) is 3.08. The molecule has 0 saturated heterocycles. The van der Waals surface area contributed by atoms with Crippen molar-refractivity contribution in [2.45, 2.75) is 13.7 Å². The third-order valence-electron chi connectivity index (χ3n) is 4.14. The maximum absolute atomic E-state index is 7.56. The van der Waals surface area contributed by atoms with Crippen LogP contribution in [0.3, 0.4) is 0 Å². The van der Waals surface area contributed by atoms with Gasteiger partial charge in [0.1, 0.15) is 11.8 Å². The molecule has 0 aliphatic carbocycles. The highest BCUT2D eigenvalue weighted by Crippen LogP contribution is 2.15. The number of furan rings is 1. The van der Waals surface area contributed by atoms with Crippen molar-refractivity contribution >= 4 is 35.8 Å². The SMILES string of the molecule is [2H]C([2H])([2H])c1ccc(N2C=c3oc4ccccc4c3=CB2C)[n+](C)c1. The van der Waals surface area contributed by atoms with Crippen LogP contribution < -0.4 is 20.0 Å². The zero-order chi connectivity index (χ0) is 17.8. The van der Waals surface area contributed by atoms with E-state index in [0.717, 1.165) is 27.4 Å². The van der Waals surface area contributed by atoms with E-state index >= 15 is 0 Å². The molecule has 0 fully saturated rings. The monoisotopic (exact) mass is 292 g/mol. The first kappa shape index (κ1) is 10.3. The molecule has 0 saturated carbocycles. The molecule has 4 rings (SSSR count). The molecule has 0 unspecified atom stereocenters. The van der Waals surface area contributed by atoms with E-state index in [0.29, 0.717) is 5.56 Å². The third-order valence-corrected chi connectivity index (χ3v) is 4.14. The number of anilines is 1. The maximum Gasteiger partial charge on any atom is 0.402 e. The number of nitrogens with zero attached hydrogens (tertiary/aromatic N) is 2. The van der Waals surface area contributed by atoms with Gasteiger partial charge in [0.2, 0.25) is 0 Å². The van der Waals surface area contributed by atoms with E-state index in [9.17, 15) is 0 Å². The van der Waals surface area contributed by atoms with Gasteiger partial charge in [-0.1, -0.05) is 24.2 Å². The van der Waals surface area contributed by atoms with Crippen LogP contribution in [0.1, 0.15) is 9.68 Å². The smallest absolute Gasteiger partial charge is 0.402 e. The quantitative estimate of drug-likeness (QED) is 0.503. The van der Waals surface area contributed by atoms with Gasteiger partial charge in [0.25, 0.3) is 5.82 Å². The Bertz CT molecular complexity index is 1090. The molecule has 0 N–H and O–H groups in total. The second-order valence-electron chi connectivity index (χ2n) is 5.71. The molecule has 0 amide bonds. The number of pyridine rings is 1. The molecule has 3 heterocycles. The molecule has 108 valence electrons. The van der Waals surface area contributed by atoms with Gasteiger partial charge in [0.05, 0.1) is 13.2 Å². The van der Waals surface area contributed by atoms with E-state index in [1.807, 2.05) is 42.1 Å². The van der Waals surface area contributed by atoms with E-state index in [4.69, 9.17) is 8.53 Å². The van der Waals surface area contributed by atoms with Crippen LogP contribution in [-0.4, -0.2) is 6.85 Å². The van der Waals surface area contributed by atoms with Crippen LogP contribution in [0.15, 0.2) is 47.0 Å². The molecule has 2 aromatic heterocycles. The van der Waals surface area contributed by atoms with Gasteiger partial charge in [-0.15, -0.1) is 0 Å². The summed E-state index contributed by atoms with van der Waals surface area (Å²) in [7, 11) is 1.86. The summed E-state index contributed by atoms with van der Waals surface area (Å²) in [6.45, 7) is 0.128. The van der Waals surface area contributed by atoms with Crippen molar-refractivity contribution < 1.29 is 13.1 Å². The van der Waals surface area contributed by atoms with Crippen LogP contribution in [0.4, 0.5) is 5.82 Å². The van der Waals surface area contributed by atoms with Crippen LogP contribution >= 0.6 is 0 Å². The Hall–Kier alpha value is -2.49. The van der Waals surface area contributed by atoms with Gasteiger partial charge < -0.3 is 4.42 Å². The topological polar surface area (TPSA) is 20.3 Å². The van der Waals surface area contributed by atoms with Crippen LogP contribution in [-0.2, 0) is 7.05 Å². The number of rotatable bonds is 1. The van der Waals surface area contributed by atoms with Crippen molar-refractivity contribution in [1.82, 2.24) is 0 Å². The summed E-state index contributed by atoms with van der Waals surface area (Å²) in [6.07, 6.45) is 3.65. The van der Waals surface area contributed by atoms with Gasteiger partial charge in [0.15, 0.2) is 5.42 Å². The molecule has 22 heavy (non-hydrogen) atoms. The fourth-order valence-electron chi connectivity index (χ4n) is 3.06. The normalized spacial score (nSPS) is 16.4. The second-order valence-corrected chi connectivity index (χ2v) is 5.71. The summed E-state index contributed by atoms with van der Waals surface area (Å²) in [5, 5.41) is 2.23. The standard InChI is InChI=1S/C18H18BN2O/c1-13-8-9-18(20(3)11-13)21-12-17-15(10-19(21)2)14-6-4-5-7-16(14)22-17/h4-12H,1-3H3/q+1/i1D3. The zero-order valence-corrected chi connectivity index (χ0v) is 12.6. The number of hydrogen-bond acceptors (Lipinski definition) is 2. The van der Waals surface area contributed by atoms with Crippen LogP contribution in [0.25, 0.3) is 23.1 Å². The fraction of sp³-hybridized carbons (Fsp3) is 0.167. The lowest BCUT2D eigenvalue weighted by atomic mass is 9.61. The van der Waals surface area contributed by atoms with Crippen LogP contribution in [0.5, 0.6) is 0 Å². The lowest BCUT2D eigenvalue weighted by Gasteiger charge is -2.18. The Labute approximate surface area is 134 Å². The van der Waals surface area contributed by atoms with Crippen molar-refractivity contribution in [2.24, 2.45) is 7.05 Å². The molecule has 0 radical (unpaired) electrons. The van der Waals surface area contributed by atoms with Crippen LogP contribution in [0, 0.1) is 6.85 Å². The maximum atomic E-state index is 7.56. The first-order chi connectivity index (χ1) is 11.8. The first-order valence-corrected chi connectivity index (χ1v) is 7.34. The largest absolute Gasteiger partial charge is 0.452 e. The van der Waals surface area contributed by atoms with Gasteiger partial charge in [-0.3, -0.25) is 4.81 Å². The summed E-state index contributed by atoms with van der Waals surface area (Å²) in [5.41, 5.74) is 2.02. The highest BCUT2D eigenvalue weighted by atomic mass is 16.3. The highest BCUT2D eigenvalue weighted by Gasteiger charge is 2.29. The molecule has 1 aliphatic rings. The minimum atomic E-state index is -2.11. The predicted molar refractivity (Wildman–Crippen MR) is 90.8 cm³/mol. The van der Waals surface area contributed by atoms with Gasteiger partial charge in [0, 0.05) is 20.8 Å². The summed E-state index contributed by atoms with van der Waals surface area (Å²) >= 11 is 0. The molecule has 3 aromatic rings. The third kappa shape index (κ3) is 1.95. The van der Waals surface area contributed by atoms with E-state index in [1.54, 1.807) is 12.3 Å². The summed E-state index contributed by atoms with van der Waals surface area (Å²) < 4.78 is 30.5. The molecule has 1 aliphatic heterocycles. The van der Waals surface area contributed by atoms with Gasteiger partial charge in [-0.2, -0.15) is 0 Å². The van der Waals surface area contributed by atoms with Crippen molar-refractivity contribution in [1.29, 1.82) is 0 Å². The summed E-state index contributed by atoms with van der Waals surface area (Å²) in [4.78, 5) is 2.09. The van der Waals surface area contributed by atoms with E-state index in [-0.39, 0.29) is 6.85 Å².